The van der Waals surface area contributed by atoms with Crippen LogP contribution in [0.2, 0.25) is 0 Å². The highest BCUT2D eigenvalue weighted by Gasteiger charge is 2.34. The molecule has 1 amide bonds. The van der Waals surface area contributed by atoms with Crippen LogP contribution in [0, 0.1) is 5.41 Å². The van der Waals surface area contributed by atoms with Crippen molar-refractivity contribution in [2.75, 3.05) is 23.4 Å². The summed E-state index contributed by atoms with van der Waals surface area (Å²) in [5.74, 6) is 1.37. The van der Waals surface area contributed by atoms with Gasteiger partial charge in [-0.25, -0.2) is 4.98 Å². The molecule has 1 aromatic rings. The minimum Gasteiger partial charge on any atom is -0.301 e. The Morgan fingerprint density at radius 1 is 1.41 bits per heavy atom. The van der Waals surface area contributed by atoms with Crippen molar-refractivity contribution < 1.29 is 9.59 Å². The van der Waals surface area contributed by atoms with Crippen LogP contribution >= 0.6 is 34.9 Å². The van der Waals surface area contributed by atoms with E-state index < -0.39 is 0 Å². The number of carbonyl (C=O) groups excluding carboxylic acids is 2. The first-order valence-corrected chi connectivity index (χ1v) is 9.84. The number of ketones is 1. The fourth-order valence-electron chi connectivity index (χ4n) is 2.46. The largest absolute Gasteiger partial charge is 0.301 e. The van der Waals surface area contributed by atoms with Crippen molar-refractivity contribution in [3.63, 3.8) is 0 Å². The van der Waals surface area contributed by atoms with Crippen molar-refractivity contribution >= 4 is 56.1 Å². The van der Waals surface area contributed by atoms with Crippen LogP contribution in [-0.4, -0.2) is 39.1 Å². The van der Waals surface area contributed by atoms with Gasteiger partial charge in [0.05, 0.1) is 22.9 Å². The molecule has 1 aromatic heterocycles. The molecular formula is C14H17N3O2S3. The molecule has 3 rings (SSSR count). The van der Waals surface area contributed by atoms with Gasteiger partial charge in [0.15, 0.2) is 10.9 Å². The van der Waals surface area contributed by atoms with Crippen molar-refractivity contribution in [2.45, 2.75) is 26.7 Å². The number of anilines is 1. The minimum absolute atomic E-state index is 0.0485. The molecule has 0 radical (unpaired) electrons. The number of thioether (sulfide) groups is 2. The van der Waals surface area contributed by atoms with Crippen LogP contribution in [0.1, 0.15) is 35.6 Å². The predicted octanol–water partition coefficient (Wildman–Crippen LogP) is 3.07. The second-order valence-corrected chi connectivity index (χ2v) is 9.37. The lowest BCUT2D eigenvalue weighted by atomic mass is 9.78. The van der Waals surface area contributed by atoms with Gasteiger partial charge in [-0.3, -0.25) is 14.6 Å². The molecule has 0 saturated carbocycles. The number of Topliss-reactive ketones (excluding diaryl/α,β-unsaturated/α-hetero) is 1. The van der Waals surface area contributed by atoms with Crippen LogP contribution in [0.5, 0.6) is 0 Å². The Kier molecular flexibility index (Phi) is 4.61. The summed E-state index contributed by atoms with van der Waals surface area (Å²) in [7, 11) is 0. The molecule has 0 aromatic carbocycles. The van der Waals surface area contributed by atoms with E-state index in [1.807, 2.05) is 0 Å². The lowest BCUT2D eigenvalue weighted by molar-refractivity contribution is -0.113. The number of rotatable bonds is 3. The maximum atomic E-state index is 12.1. The molecule has 1 aliphatic heterocycles. The molecule has 0 atom stereocenters. The fraction of sp³-hybridized carbons (Fsp3) is 0.571. The third-order valence-corrected chi connectivity index (χ3v) is 6.67. The SMILES string of the molecule is CC1(C)CC(=O)c2sc(NC(=O)CSC3=NCCS3)nc2C1. The summed E-state index contributed by atoms with van der Waals surface area (Å²) < 4.78 is 0.977. The zero-order valence-corrected chi connectivity index (χ0v) is 14.9. The molecule has 0 saturated heterocycles. The summed E-state index contributed by atoms with van der Waals surface area (Å²) in [6.07, 6.45) is 1.32. The van der Waals surface area contributed by atoms with Crippen molar-refractivity contribution in [2.24, 2.45) is 10.4 Å². The summed E-state index contributed by atoms with van der Waals surface area (Å²) in [6, 6.07) is 0. The van der Waals surface area contributed by atoms with Crippen LogP contribution in [0.25, 0.3) is 0 Å². The van der Waals surface area contributed by atoms with Crippen molar-refractivity contribution in [3.05, 3.63) is 10.6 Å². The Labute approximate surface area is 141 Å². The molecule has 1 N–H and O–H groups in total. The lowest BCUT2D eigenvalue weighted by Crippen LogP contribution is -2.26. The van der Waals surface area contributed by atoms with Crippen molar-refractivity contribution in [3.8, 4) is 0 Å². The van der Waals surface area contributed by atoms with E-state index >= 15 is 0 Å². The Morgan fingerprint density at radius 3 is 2.95 bits per heavy atom. The summed E-state index contributed by atoms with van der Waals surface area (Å²) in [5.41, 5.74) is 0.776. The maximum Gasteiger partial charge on any atom is 0.236 e. The highest BCUT2D eigenvalue weighted by molar-refractivity contribution is 8.39. The molecule has 118 valence electrons. The number of nitrogens with zero attached hydrogens (tertiary/aromatic N) is 2. The highest BCUT2D eigenvalue weighted by atomic mass is 32.2. The van der Waals surface area contributed by atoms with E-state index in [1.165, 1.54) is 23.1 Å². The van der Waals surface area contributed by atoms with Gasteiger partial charge in [0, 0.05) is 12.2 Å². The number of carbonyl (C=O) groups is 2. The van der Waals surface area contributed by atoms with Gasteiger partial charge in [-0.2, -0.15) is 0 Å². The molecule has 2 heterocycles. The van der Waals surface area contributed by atoms with E-state index in [4.69, 9.17) is 0 Å². The molecule has 5 nitrogen and oxygen atoms in total. The van der Waals surface area contributed by atoms with Crippen LogP contribution < -0.4 is 5.32 Å². The fourth-order valence-corrected chi connectivity index (χ4v) is 5.20. The zero-order valence-electron chi connectivity index (χ0n) is 12.5. The number of aliphatic imine (C=N–C) groups is 1. The monoisotopic (exact) mass is 355 g/mol. The highest BCUT2D eigenvalue weighted by Crippen LogP contribution is 2.38. The summed E-state index contributed by atoms with van der Waals surface area (Å²) in [4.78, 5) is 33.6. The van der Waals surface area contributed by atoms with Crippen LogP contribution in [0.3, 0.4) is 0 Å². The van der Waals surface area contributed by atoms with E-state index in [9.17, 15) is 9.59 Å². The molecular weight excluding hydrogens is 338 g/mol. The summed E-state index contributed by atoms with van der Waals surface area (Å²) in [5, 5.41) is 3.33. The van der Waals surface area contributed by atoms with E-state index in [0.717, 1.165) is 28.8 Å². The Morgan fingerprint density at radius 2 is 2.23 bits per heavy atom. The quantitative estimate of drug-likeness (QED) is 0.902. The average Bonchev–Trinajstić information content (AvgIpc) is 3.04. The third-order valence-electron chi connectivity index (χ3n) is 3.37. The van der Waals surface area contributed by atoms with Crippen LogP contribution in [0.4, 0.5) is 5.13 Å². The smallest absolute Gasteiger partial charge is 0.236 e. The Bertz CT molecular complexity index is 652. The molecule has 0 fully saturated rings. The van der Waals surface area contributed by atoms with Crippen molar-refractivity contribution in [1.82, 2.24) is 4.98 Å². The summed E-state index contributed by atoms with van der Waals surface area (Å²) in [6.45, 7) is 4.98. The second kappa shape index (κ2) is 6.33. The molecule has 8 heteroatoms. The van der Waals surface area contributed by atoms with Gasteiger partial charge in [0.2, 0.25) is 5.91 Å². The molecule has 0 spiro atoms. The van der Waals surface area contributed by atoms with E-state index in [-0.39, 0.29) is 17.1 Å². The number of hydrogen-bond acceptors (Lipinski definition) is 7. The number of aromatic nitrogens is 1. The normalized spacial score (nSPS) is 19.7. The first-order valence-electron chi connectivity index (χ1n) is 7.06. The summed E-state index contributed by atoms with van der Waals surface area (Å²) >= 11 is 4.44. The van der Waals surface area contributed by atoms with Gasteiger partial charge in [0.25, 0.3) is 0 Å². The number of thiazole rings is 1. The van der Waals surface area contributed by atoms with E-state index in [2.05, 4.69) is 29.1 Å². The van der Waals surface area contributed by atoms with Crippen LogP contribution in [-0.2, 0) is 11.2 Å². The zero-order chi connectivity index (χ0) is 15.7. The minimum atomic E-state index is -0.0991. The van der Waals surface area contributed by atoms with Gasteiger partial charge in [-0.05, 0) is 11.8 Å². The molecule has 0 unspecified atom stereocenters. The molecule has 1 aliphatic carbocycles. The third kappa shape index (κ3) is 3.72. The average molecular weight is 356 g/mol. The van der Waals surface area contributed by atoms with Gasteiger partial charge in [0.1, 0.15) is 4.38 Å². The molecule has 0 bridgehead atoms. The number of nitrogens with one attached hydrogen (secondary N) is 1. The molecule has 2 aliphatic rings. The topological polar surface area (TPSA) is 71.4 Å². The van der Waals surface area contributed by atoms with Gasteiger partial charge < -0.3 is 5.32 Å². The maximum absolute atomic E-state index is 12.1. The van der Waals surface area contributed by atoms with Gasteiger partial charge >= 0.3 is 0 Å². The van der Waals surface area contributed by atoms with Gasteiger partial charge in [-0.1, -0.05) is 48.7 Å². The number of fused-ring (bicyclic) bond motifs is 1. The Hall–Kier alpha value is -0.860. The molecule has 22 heavy (non-hydrogen) atoms. The van der Waals surface area contributed by atoms with Gasteiger partial charge in [-0.15, -0.1) is 0 Å². The standard InChI is InChI=1S/C14H17N3O2S3/c1-14(2)5-8-11(9(18)6-14)22-12(16-8)17-10(19)7-21-13-15-3-4-20-13/h3-7H2,1-2H3,(H,16,17,19). The number of hydrogen-bond donors (Lipinski definition) is 1. The first kappa shape index (κ1) is 16.0. The van der Waals surface area contributed by atoms with Crippen LogP contribution in [0.15, 0.2) is 4.99 Å². The second-order valence-electron chi connectivity index (χ2n) is 6.07. The van der Waals surface area contributed by atoms with Crippen molar-refractivity contribution in [1.29, 1.82) is 0 Å². The lowest BCUT2D eigenvalue weighted by Gasteiger charge is -2.26. The van der Waals surface area contributed by atoms with E-state index in [1.54, 1.807) is 11.8 Å². The van der Waals surface area contributed by atoms with E-state index in [0.29, 0.717) is 22.2 Å². The first-order chi connectivity index (χ1) is 10.4. The Balaban J connectivity index is 1.61. The number of amides is 1. The predicted molar refractivity (Wildman–Crippen MR) is 94.4 cm³/mol.